The molecule has 0 N–H and O–H groups in total. The lowest BCUT2D eigenvalue weighted by Crippen LogP contribution is -2.44. The summed E-state index contributed by atoms with van der Waals surface area (Å²) in [6.45, 7) is 6.83. The molecule has 0 radical (unpaired) electrons. The van der Waals surface area contributed by atoms with E-state index in [-0.39, 0.29) is 0 Å². The first-order valence-corrected chi connectivity index (χ1v) is 10.2. The van der Waals surface area contributed by atoms with Crippen molar-refractivity contribution in [2.45, 2.75) is 13.3 Å². The molecule has 0 bridgehead atoms. The van der Waals surface area contributed by atoms with Crippen LogP contribution in [0.3, 0.4) is 0 Å². The zero-order chi connectivity index (χ0) is 20.1. The van der Waals surface area contributed by atoms with Gasteiger partial charge in [-0.3, -0.25) is 4.98 Å². The van der Waals surface area contributed by atoms with E-state index in [9.17, 15) is 0 Å². The lowest BCUT2D eigenvalue weighted by molar-refractivity contribution is 0.306. The van der Waals surface area contributed by atoms with Gasteiger partial charge in [-0.2, -0.15) is 0 Å². The zero-order valence-corrected chi connectivity index (χ0v) is 17.2. The number of hydrogen-bond acceptors (Lipinski definition) is 5. The van der Waals surface area contributed by atoms with Crippen LogP contribution in [0.4, 0.5) is 5.69 Å². The minimum atomic E-state index is 0.559. The normalized spacial score (nSPS) is 14.8. The Morgan fingerprint density at radius 2 is 1.83 bits per heavy atom. The van der Waals surface area contributed by atoms with E-state index in [1.807, 2.05) is 24.4 Å². The Kier molecular flexibility index (Phi) is 6.06. The summed E-state index contributed by atoms with van der Waals surface area (Å²) in [5.74, 6) is 0.675. The molecule has 1 saturated heterocycles. The maximum absolute atomic E-state index is 6.07. The Hall–Kier alpha value is -2.92. The molecule has 1 aliphatic heterocycles. The van der Waals surface area contributed by atoms with Crippen LogP contribution in [0.15, 0.2) is 60.8 Å². The molecule has 0 amide bonds. The Bertz CT molecular complexity index is 937. The van der Waals surface area contributed by atoms with Crippen LogP contribution in [0.25, 0.3) is 11.3 Å². The first-order chi connectivity index (χ1) is 14.2. The van der Waals surface area contributed by atoms with Gasteiger partial charge in [0.15, 0.2) is 0 Å². The van der Waals surface area contributed by atoms with Crippen molar-refractivity contribution >= 4 is 5.69 Å². The summed E-state index contributed by atoms with van der Waals surface area (Å²) in [5, 5.41) is 0. The molecule has 0 unspecified atom stereocenters. The van der Waals surface area contributed by atoms with Crippen LogP contribution in [0.1, 0.15) is 11.3 Å². The fourth-order valence-electron chi connectivity index (χ4n) is 3.57. The summed E-state index contributed by atoms with van der Waals surface area (Å²) in [6, 6.07) is 18.7. The van der Waals surface area contributed by atoms with Crippen molar-refractivity contribution in [1.82, 2.24) is 14.9 Å². The highest BCUT2D eigenvalue weighted by Crippen LogP contribution is 2.28. The molecule has 5 nitrogen and oxygen atoms in total. The monoisotopic (exact) mass is 388 g/mol. The number of pyridine rings is 2. The number of benzene rings is 1. The van der Waals surface area contributed by atoms with E-state index in [1.54, 1.807) is 0 Å². The van der Waals surface area contributed by atoms with Gasteiger partial charge in [0.1, 0.15) is 0 Å². The van der Waals surface area contributed by atoms with Crippen molar-refractivity contribution in [3.05, 3.63) is 72.1 Å². The molecule has 1 aliphatic rings. The van der Waals surface area contributed by atoms with Crippen molar-refractivity contribution in [2.24, 2.45) is 0 Å². The fraction of sp³-hybridized carbons (Fsp3) is 0.333. The zero-order valence-electron chi connectivity index (χ0n) is 17.2. The van der Waals surface area contributed by atoms with Gasteiger partial charge in [0.25, 0.3) is 0 Å². The Labute approximate surface area is 173 Å². The molecule has 0 aliphatic carbocycles. The van der Waals surface area contributed by atoms with Crippen LogP contribution >= 0.6 is 0 Å². The number of anilines is 1. The second-order valence-corrected chi connectivity index (χ2v) is 7.63. The van der Waals surface area contributed by atoms with E-state index in [0.29, 0.717) is 12.5 Å². The van der Waals surface area contributed by atoms with Gasteiger partial charge in [-0.25, -0.2) is 4.98 Å². The minimum Gasteiger partial charge on any atom is -0.477 e. The van der Waals surface area contributed by atoms with Gasteiger partial charge in [-0.05, 0) is 38.2 Å². The Balaban J connectivity index is 1.57. The summed E-state index contributed by atoms with van der Waals surface area (Å²) in [5.41, 5.74) is 5.51. The maximum atomic E-state index is 6.07. The molecule has 2 aromatic heterocycles. The van der Waals surface area contributed by atoms with Crippen LogP contribution in [0.2, 0.25) is 0 Å². The third kappa shape index (κ3) is 5.12. The number of rotatable bonds is 6. The fourth-order valence-corrected chi connectivity index (χ4v) is 3.57. The Morgan fingerprint density at radius 1 is 0.966 bits per heavy atom. The summed E-state index contributed by atoms with van der Waals surface area (Å²) in [7, 11) is 2.17. The third-order valence-corrected chi connectivity index (χ3v) is 5.30. The first-order valence-electron chi connectivity index (χ1n) is 10.2. The first kappa shape index (κ1) is 19.4. The molecule has 0 spiro atoms. The van der Waals surface area contributed by atoms with Crippen molar-refractivity contribution in [1.29, 1.82) is 0 Å². The molecule has 1 fully saturated rings. The van der Waals surface area contributed by atoms with Crippen LogP contribution in [-0.4, -0.2) is 54.7 Å². The predicted molar refractivity (Wildman–Crippen MR) is 118 cm³/mol. The minimum absolute atomic E-state index is 0.559. The Morgan fingerprint density at radius 3 is 2.59 bits per heavy atom. The number of piperazine rings is 1. The van der Waals surface area contributed by atoms with Gasteiger partial charge in [-0.1, -0.05) is 29.8 Å². The van der Waals surface area contributed by atoms with Gasteiger partial charge in [0.05, 0.1) is 12.3 Å². The van der Waals surface area contributed by atoms with E-state index in [2.05, 4.69) is 65.2 Å². The number of hydrogen-bond donors (Lipinski definition) is 0. The molecule has 0 saturated carbocycles. The summed E-state index contributed by atoms with van der Waals surface area (Å²) in [6.07, 6.45) is 2.58. The summed E-state index contributed by atoms with van der Waals surface area (Å²) >= 11 is 0. The topological polar surface area (TPSA) is 41.5 Å². The molecule has 29 heavy (non-hydrogen) atoms. The van der Waals surface area contributed by atoms with E-state index in [0.717, 1.165) is 49.6 Å². The second-order valence-electron chi connectivity index (χ2n) is 7.63. The lowest BCUT2D eigenvalue weighted by Gasteiger charge is -2.34. The van der Waals surface area contributed by atoms with Gasteiger partial charge in [0, 0.05) is 61.8 Å². The molecular weight excluding hydrogens is 360 g/mol. The summed E-state index contributed by atoms with van der Waals surface area (Å²) < 4.78 is 6.07. The standard InChI is InChI=1S/C24H28N4O/c1-19-6-5-7-20(16-19)23-17-22(28-13-11-27(2)12-14-28)18-24(26-23)29-15-9-21-8-3-4-10-25-21/h3-8,10,16-18H,9,11-15H2,1-2H3. The smallest absolute Gasteiger partial charge is 0.215 e. The molecule has 1 aromatic carbocycles. The highest BCUT2D eigenvalue weighted by molar-refractivity contribution is 5.67. The number of nitrogens with zero attached hydrogens (tertiary/aromatic N) is 4. The highest BCUT2D eigenvalue weighted by atomic mass is 16.5. The quantitative estimate of drug-likeness (QED) is 0.642. The van der Waals surface area contributed by atoms with Crippen LogP contribution in [-0.2, 0) is 6.42 Å². The van der Waals surface area contributed by atoms with Crippen molar-refractivity contribution < 1.29 is 4.74 Å². The summed E-state index contributed by atoms with van der Waals surface area (Å²) in [4.78, 5) is 14.0. The van der Waals surface area contributed by atoms with Crippen LogP contribution in [0, 0.1) is 6.92 Å². The molecule has 150 valence electrons. The lowest BCUT2D eigenvalue weighted by atomic mass is 10.1. The molecular formula is C24H28N4O. The largest absolute Gasteiger partial charge is 0.477 e. The SMILES string of the molecule is Cc1cccc(-c2cc(N3CCN(C)CC3)cc(OCCc3ccccn3)n2)c1. The van der Waals surface area contributed by atoms with Crippen LogP contribution < -0.4 is 9.64 Å². The predicted octanol–water partition coefficient (Wildman–Crippen LogP) is 3.83. The van der Waals surface area contributed by atoms with Crippen molar-refractivity contribution in [3.63, 3.8) is 0 Å². The van der Waals surface area contributed by atoms with E-state index < -0.39 is 0 Å². The van der Waals surface area contributed by atoms with E-state index in [1.165, 1.54) is 11.3 Å². The maximum Gasteiger partial charge on any atom is 0.215 e. The average molecular weight is 389 g/mol. The van der Waals surface area contributed by atoms with Gasteiger partial charge in [-0.15, -0.1) is 0 Å². The van der Waals surface area contributed by atoms with E-state index >= 15 is 0 Å². The van der Waals surface area contributed by atoms with Crippen molar-refractivity contribution in [3.8, 4) is 17.1 Å². The van der Waals surface area contributed by atoms with E-state index in [4.69, 9.17) is 9.72 Å². The number of ether oxygens (including phenoxy) is 1. The molecule has 3 aromatic rings. The van der Waals surface area contributed by atoms with Gasteiger partial charge >= 0.3 is 0 Å². The second kappa shape index (κ2) is 9.05. The number of likely N-dealkylation sites (N-methyl/N-ethyl adjacent to an activating group) is 1. The highest BCUT2D eigenvalue weighted by Gasteiger charge is 2.17. The molecule has 4 rings (SSSR count). The number of aryl methyl sites for hydroxylation is 1. The molecule has 0 atom stereocenters. The van der Waals surface area contributed by atoms with Gasteiger partial charge in [0.2, 0.25) is 5.88 Å². The molecule has 3 heterocycles. The third-order valence-electron chi connectivity index (χ3n) is 5.30. The molecule has 5 heteroatoms. The van der Waals surface area contributed by atoms with Gasteiger partial charge < -0.3 is 14.5 Å². The van der Waals surface area contributed by atoms with Crippen LogP contribution in [0.5, 0.6) is 5.88 Å². The number of aromatic nitrogens is 2. The van der Waals surface area contributed by atoms with Crippen molar-refractivity contribution in [2.75, 3.05) is 44.7 Å². The average Bonchev–Trinajstić information content (AvgIpc) is 2.75.